The molecular formula is C24H37FN2Sn. The van der Waals surface area contributed by atoms with Gasteiger partial charge in [0.25, 0.3) is 0 Å². The van der Waals surface area contributed by atoms with Crippen LogP contribution >= 0.6 is 0 Å². The molecule has 0 radical (unpaired) electrons. The first kappa shape index (κ1) is 21.9. The van der Waals surface area contributed by atoms with Crippen molar-refractivity contribution in [2.75, 3.05) is 0 Å². The summed E-state index contributed by atoms with van der Waals surface area (Å²) in [6.07, 6.45) is 13.8. The second-order valence-electron chi connectivity index (χ2n) is 8.64. The zero-order valence-electron chi connectivity index (χ0n) is 17.9. The van der Waals surface area contributed by atoms with Gasteiger partial charge in [0.05, 0.1) is 0 Å². The van der Waals surface area contributed by atoms with Gasteiger partial charge in [-0.05, 0) is 0 Å². The first-order chi connectivity index (χ1) is 13.7. The normalized spacial score (nSPS) is 13.8. The van der Waals surface area contributed by atoms with Gasteiger partial charge in [-0.15, -0.1) is 0 Å². The molecule has 0 amide bonds. The van der Waals surface area contributed by atoms with Gasteiger partial charge < -0.3 is 0 Å². The van der Waals surface area contributed by atoms with Crippen LogP contribution in [0.4, 0.5) is 4.39 Å². The number of unbranched alkanes of at least 4 members (excludes halogenated alkanes) is 3. The summed E-state index contributed by atoms with van der Waals surface area (Å²) in [7, 11) is 0. The summed E-state index contributed by atoms with van der Waals surface area (Å²) in [5, 5.41) is 0. The third-order valence-electron chi connectivity index (χ3n) is 6.57. The molecule has 28 heavy (non-hydrogen) atoms. The van der Waals surface area contributed by atoms with Crippen molar-refractivity contribution < 1.29 is 4.39 Å². The number of aromatic nitrogens is 2. The van der Waals surface area contributed by atoms with E-state index in [1.54, 1.807) is 15.8 Å². The van der Waals surface area contributed by atoms with Crippen LogP contribution < -0.4 is 3.71 Å². The molecule has 0 unspecified atom stereocenters. The van der Waals surface area contributed by atoms with Crippen molar-refractivity contribution >= 4 is 22.1 Å². The van der Waals surface area contributed by atoms with Crippen molar-refractivity contribution in [3.8, 4) is 0 Å². The van der Waals surface area contributed by atoms with Crippen molar-refractivity contribution in [3.05, 3.63) is 47.7 Å². The molecule has 1 aliphatic rings. The Kier molecular flexibility index (Phi) is 8.43. The van der Waals surface area contributed by atoms with Crippen molar-refractivity contribution in [2.24, 2.45) is 0 Å². The molecule has 4 heteroatoms. The number of aryl methyl sites for hydroxylation is 2. The van der Waals surface area contributed by atoms with Gasteiger partial charge in [0, 0.05) is 0 Å². The molecule has 3 rings (SSSR count). The third kappa shape index (κ3) is 5.40. The molecule has 0 N–H and O–H groups in total. The number of rotatable bonds is 12. The third-order valence-corrected chi connectivity index (χ3v) is 22.0. The Balaban J connectivity index is 1.71. The van der Waals surface area contributed by atoms with E-state index in [1.807, 2.05) is 12.1 Å². The molecule has 0 aliphatic carbocycles. The zero-order valence-corrected chi connectivity index (χ0v) is 20.7. The van der Waals surface area contributed by atoms with E-state index < -0.39 is 18.4 Å². The topological polar surface area (TPSA) is 17.8 Å². The summed E-state index contributed by atoms with van der Waals surface area (Å²) < 4.78 is 21.9. The van der Waals surface area contributed by atoms with Crippen LogP contribution in [0.25, 0.3) is 0 Å². The van der Waals surface area contributed by atoms with Crippen LogP contribution in [0.1, 0.15) is 70.2 Å². The fourth-order valence-electron chi connectivity index (χ4n) is 4.91. The Morgan fingerprint density at radius 2 is 1.64 bits per heavy atom. The predicted octanol–water partition coefficient (Wildman–Crippen LogP) is 6.25. The fraction of sp³-hybridized carbons (Fsp3) is 0.625. The standard InChI is InChI=1S/C10H12F.C6H7N2.2C4H9.Sn/c1-2-3-4-9-5-7-10(11)8-6-9;1-2-6-7-3-5-8(6)4-1;2*1-3-4-2;/h5-8H,1-4H2;3H,1-2,4H2;2*1,3-4H2,2H3;. The Bertz CT molecular complexity index is 715. The molecule has 1 aromatic carbocycles. The molecule has 0 saturated heterocycles. The summed E-state index contributed by atoms with van der Waals surface area (Å²) >= 11 is -2.45. The Labute approximate surface area is 174 Å². The maximum atomic E-state index is 13.1. The molecule has 2 nitrogen and oxygen atoms in total. The second-order valence-corrected chi connectivity index (χ2v) is 21.7. The molecule has 0 saturated carbocycles. The maximum absolute atomic E-state index is 13.1. The molecule has 0 spiro atoms. The Morgan fingerprint density at radius 3 is 2.32 bits per heavy atom. The number of imidazole rings is 1. The predicted molar refractivity (Wildman–Crippen MR) is 120 cm³/mol. The van der Waals surface area contributed by atoms with E-state index in [-0.39, 0.29) is 5.82 Å². The van der Waals surface area contributed by atoms with Crippen LogP contribution in [0.3, 0.4) is 0 Å². The van der Waals surface area contributed by atoms with Gasteiger partial charge >= 0.3 is 175 Å². The Hall–Kier alpha value is -0.841. The Morgan fingerprint density at radius 1 is 0.964 bits per heavy atom. The van der Waals surface area contributed by atoms with E-state index in [2.05, 4.69) is 24.6 Å². The van der Waals surface area contributed by atoms with E-state index in [9.17, 15) is 4.39 Å². The van der Waals surface area contributed by atoms with Crippen LogP contribution in [0.2, 0.25) is 13.3 Å². The molecule has 2 heterocycles. The molecule has 154 valence electrons. The summed E-state index contributed by atoms with van der Waals surface area (Å²) in [4.78, 5) is 4.84. The van der Waals surface area contributed by atoms with E-state index in [0.717, 1.165) is 6.42 Å². The van der Waals surface area contributed by atoms with E-state index >= 15 is 0 Å². The van der Waals surface area contributed by atoms with Crippen LogP contribution in [-0.2, 0) is 19.4 Å². The van der Waals surface area contributed by atoms with Gasteiger partial charge in [-0.2, -0.15) is 0 Å². The average molecular weight is 491 g/mol. The van der Waals surface area contributed by atoms with Crippen molar-refractivity contribution in [3.63, 3.8) is 0 Å². The fourth-order valence-corrected chi connectivity index (χ4v) is 21.1. The molecule has 0 fully saturated rings. The zero-order chi connectivity index (χ0) is 19.8. The van der Waals surface area contributed by atoms with Crippen molar-refractivity contribution in [1.29, 1.82) is 0 Å². The number of benzene rings is 1. The first-order valence-electron chi connectivity index (χ1n) is 11.5. The first-order valence-corrected chi connectivity index (χ1v) is 19.0. The van der Waals surface area contributed by atoms with E-state index in [1.165, 1.54) is 82.6 Å². The summed E-state index contributed by atoms with van der Waals surface area (Å²) in [5.74, 6) is 1.23. The van der Waals surface area contributed by atoms with Crippen LogP contribution in [-0.4, -0.2) is 27.9 Å². The van der Waals surface area contributed by atoms with Gasteiger partial charge in [-0.1, -0.05) is 0 Å². The minimum atomic E-state index is -2.45. The molecule has 2 aromatic rings. The summed E-state index contributed by atoms with van der Waals surface area (Å²) in [6, 6.07) is 7.08. The molecular weight excluding hydrogens is 454 g/mol. The number of hydrogen-bond acceptors (Lipinski definition) is 1. The van der Waals surface area contributed by atoms with Gasteiger partial charge in [-0.3, -0.25) is 0 Å². The number of fused-ring (bicyclic) bond motifs is 1. The number of halogens is 1. The van der Waals surface area contributed by atoms with Gasteiger partial charge in [0.2, 0.25) is 0 Å². The molecule has 1 aliphatic heterocycles. The van der Waals surface area contributed by atoms with Crippen molar-refractivity contribution in [2.45, 2.75) is 91.5 Å². The van der Waals surface area contributed by atoms with Gasteiger partial charge in [0.15, 0.2) is 0 Å². The SMILES string of the molecule is CCC[CH2][Sn]([CH2]CCC)([CH2]CCCc1ccc(F)cc1)[c]1cnc2n1CCC2. The van der Waals surface area contributed by atoms with Gasteiger partial charge in [-0.25, -0.2) is 0 Å². The van der Waals surface area contributed by atoms with Crippen LogP contribution in [0.15, 0.2) is 30.5 Å². The van der Waals surface area contributed by atoms with Gasteiger partial charge in [0.1, 0.15) is 0 Å². The summed E-state index contributed by atoms with van der Waals surface area (Å²) in [5.41, 5.74) is 1.27. The quantitative estimate of drug-likeness (QED) is 0.254. The van der Waals surface area contributed by atoms with E-state index in [0.29, 0.717) is 0 Å². The van der Waals surface area contributed by atoms with E-state index in [4.69, 9.17) is 4.98 Å². The molecule has 0 atom stereocenters. The van der Waals surface area contributed by atoms with Crippen molar-refractivity contribution in [1.82, 2.24) is 9.55 Å². The average Bonchev–Trinajstić information content (AvgIpc) is 3.32. The molecule has 1 aromatic heterocycles. The monoisotopic (exact) mass is 492 g/mol. The van der Waals surface area contributed by atoms with Crippen LogP contribution in [0, 0.1) is 5.82 Å². The minimum absolute atomic E-state index is 0.132. The number of nitrogens with zero attached hydrogens (tertiary/aromatic N) is 2. The molecule has 0 bridgehead atoms. The van der Waals surface area contributed by atoms with Crippen LogP contribution in [0.5, 0.6) is 0 Å². The number of hydrogen-bond donors (Lipinski definition) is 0. The summed E-state index contributed by atoms with van der Waals surface area (Å²) in [6.45, 7) is 5.88. The second kappa shape index (κ2) is 10.8.